The molecule has 2 saturated heterocycles. The first-order chi connectivity index (χ1) is 8.36. The second-order valence-corrected chi connectivity index (χ2v) is 4.91. The third-order valence-corrected chi connectivity index (χ3v) is 3.90. The Labute approximate surface area is 103 Å². The summed E-state index contributed by atoms with van der Waals surface area (Å²) in [6.07, 6.45) is 2.71. The molecule has 1 aromatic rings. The average Bonchev–Trinajstić information content (AvgIpc) is 2.86. The minimum absolute atomic E-state index is 0.754. The van der Waals surface area contributed by atoms with Gasteiger partial charge in [0.05, 0.1) is 0 Å². The summed E-state index contributed by atoms with van der Waals surface area (Å²) >= 11 is 0. The van der Waals surface area contributed by atoms with E-state index >= 15 is 0 Å². The van der Waals surface area contributed by atoms with Crippen LogP contribution < -0.4 is 10.2 Å². The molecule has 0 radical (unpaired) electrons. The van der Waals surface area contributed by atoms with Crippen LogP contribution >= 0.6 is 0 Å². The first kappa shape index (κ1) is 10.8. The molecule has 0 spiro atoms. The van der Waals surface area contributed by atoms with Crippen molar-refractivity contribution in [1.29, 1.82) is 0 Å². The van der Waals surface area contributed by atoms with Gasteiger partial charge in [-0.1, -0.05) is 6.07 Å². The molecule has 2 aliphatic heterocycles. The molecule has 1 atom stereocenters. The van der Waals surface area contributed by atoms with Gasteiger partial charge in [-0.15, -0.1) is 0 Å². The number of fused-ring (bicyclic) bond motifs is 1. The zero-order valence-electron chi connectivity index (χ0n) is 10.4. The Morgan fingerprint density at radius 1 is 1.29 bits per heavy atom. The number of hydrogen-bond acceptors (Lipinski definition) is 4. The minimum atomic E-state index is 0.754. The number of piperazine rings is 1. The van der Waals surface area contributed by atoms with E-state index in [1.165, 1.54) is 25.9 Å². The van der Waals surface area contributed by atoms with Gasteiger partial charge in [0, 0.05) is 32.7 Å². The predicted octanol–water partition coefficient (Wildman–Crippen LogP) is 1.41. The quantitative estimate of drug-likeness (QED) is 0.835. The minimum Gasteiger partial charge on any atom is -0.373 e. The lowest BCUT2D eigenvalue weighted by atomic mass is 10.1. The van der Waals surface area contributed by atoms with E-state index in [1.807, 2.05) is 13.1 Å². The summed E-state index contributed by atoms with van der Waals surface area (Å²) in [6.45, 7) is 4.73. The largest absolute Gasteiger partial charge is 0.373 e. The van der Waals surface area contributed by atoms with Crippen molar-refractivity contribution in [2.75, 3.05) is 43.4 Å². The fraction of sp³-hybridized carbons (Fsp3) is 0.615. The van der Waals surface area contributed by atoms with Crippen molar-refractivity contribution < 1.29 is 0 Å². The first-order valence-electron chi connectivity index (χ1n) is 6.50. The van der Waals surface area contributed by atoms with Crippen molar-refractivity contribution in [3.05, 3.63) is 18.2 Å². The molecule has 2 aliphatic rings. The molecular formula is C13H20N4. The average molecular weight is 232 g/mol. The van der Waals surface area contributed by atoms with Crippen LogP contribution in [-0.4, -0.2) is 49.2 Å². The van der Waals surface area contributed by atoms with E-state index in [9.17, 15) is 0 Å². The number of anilines is 2. The highest BCUT2D eigenvalue weighted by Gasteiger charge is 2.30. The number of aromatic nitrogens is 1. The predicted molar refractivity (Wildman–Crippen MR) is 70.6 cm³/mol. The van der Waals surface area contributed by atoms with E-state index in [4.69, 9.17) is 0 Å². The molecule has 0 saturated carbocycles. The maximum atomic E-state index is 4.63. The van der Waals surface area contributed by atoms with Gasteiger partial charge in [-0.3, -0.25) is 4.90 Å². The van der Waals surface area contributed by atoms with Crippen molar-refractivity contribution in [2.45, 2.75) is 18.9 Å². The Morgan fingerprint density at radius 2 is 2.24 bits per heavy atom. The summed E-state index contributed by atoms with van der Waals surface area (Å²) < 4.78 is 0. The van der Waals surface area contributed by atoms with Gasteiger partial charge in [0.2, 0.25) is 0 Å². The van der Waals surface area contributed by atoms with Gasteiger partial charge >= 0.3 is 0 Å². The van der Waals surface area contributed by atoms with Crippen molar-refractivity contribution in [3.63, 3.8) is 0 Å². The fourth-order valence-electron chi connectivity index (χ4n) is 2.94. The molecule has 3 rings (SSSR count). The van der Waals surface area contributed by atoms with Gasteiger partial charge in [0.25, 0.3) is 0 Å². The molecular weight excluding hydrogens is 212 g/mol. The Bertz CT molecular complexity index is 393. The van der Waals surface area contributed by atoms with Crippen LogP contribution in [0.15, 0.2) is 18.2 Å². The lowest BCUT2D eigenvalue weighted by Crippen LogP contribution is -2.50. The summed E-state index contributed by atoms with van der Waals surface area (Å²) in [5.41, 5.74) is 0. The van der Waals surface area contributed by atoms with Crippen molar-refractivity contribution in [3.8, 4) is 0 Å². The van der Waals surface area contributed by atoms with Crippen LogP contribution in [0.25, 0.3) is 0 Å². The van der Waals surface area contributed by atoms with E-state index in [1.54, 1.807) is 0 Å². The van der Waals surface area contributed by atoms with Gasteiger partial charge in [0.15, 0.2) is 0 Å². The molecule has 4 heteroatoms. The highest BCUT2D eigenvalue weighted by atomic mass is 15.3. The summed E-state index contributed by atoms with van der Waals surface area (Å²) in [5.74, 6) is 2.07. The smallest absolute Gasteiger partial charge is 0.131 e. The molecule has 4 nitrogen and oxygen atoms in total. The number of nitrogens with one attached hydrogen (secondary N) is 1. The zero-order chi connectivity index (χ0) is 11.7. The second-order valence-electron chi connectivity index (χ2n) is 4.91. The van der Waals surface area contributed by atoms with Crippen molar-refractivity contribution >= 4 is 11.6 Å². The van der Waals surface area contributed by atoms with Gasteiger partial charge < -0.3 is 10.2 Å². The van der Waals surface area contributed by atoms with E-state index < -0.39 is 0 Å². The van der Waals surface area contributed by atoms with Crippen LogP contribution in [0.5, 0.6) is 0 Å². The summed E-state index contributed by atoms with van der Waals surface area (Å²) in [6, 6.07) is 6.96. The van der Waals surface area contributed by atoms with Crippen LogP contribution in [0.2, 0.25) is 0 Å². The lowest BCUT2D eigenvalue weighted by molar-refractivity contribution is 0.230. The summed E-state index contributed by atoms with van der Waals surface area (Å²) in [7, 11) is 1.92. The molecule has 3 heterocycles. The maximum Gasteiger partial charge on any atom is 0.131 e. The monoisotopic (exact) mass is 232 g/mol. The van der Waals surface area contributed by atoms with E-state index in [2.05, 4.69) is 32.2 Å². The van der Waals surface area contributed by atoms with E-state index in [0.29, 0.717) is 0 Å². The number of hydrogen-bond donors (Lipinski definition) is 1. The highest BCUT2D eigenvalue weighted by Crippen LogP contribution is 2.24. The van der Waals surface area contributed by atoms with E-state index in [-0.39, 0.29) is 0 Å². The third kappa shape index (κ3) is 2.09. The van der Waals surface area contributed by atoms with Gasteiger partial charge in [-0.2, -0.15) is 0 Å². The molecule has 0 aromatic carbocycles. The number of nitrogens with zero attached hydrogens (tertiary/aromatic N) is 3. The summed E-state index contributed by atoms with van der Waals surface area (Å²) in [5, 5.41) is 3.10. The normalized spacial score (nSPS) is 24.8. The molecule has 92 valence electrons. The second kappa shape index (κ2) is 4.53. The van der Waals surface area contributed by atoms with Crippen molar-refractivity contribution in [2.24, 2.45) is 0 Å². The van der Waals surface area contributed by atoms with E-state index in [0.717, 1.165) is 30.8 Å². The van der Waals surface area contributed by atoms with Crippen LogP contribution in [0, 0.1) is 0 Å². The molecule has 0 bridgehead atoms. The molecule has 17 heavy (non-hydrogen) atoms. The fourth-order valence-corrected chi connectivity index (χ4v) is 2.94. The first-order valence-corrected chi connectivity index (χ1v) is 6.50. The molecule has 1 unspecified atom stereocenters. The Balaban J connectivity index is 1.75. The molecule has 2 fully saturated rings. The number of pyridine rings is 1. The van der Waals surface area contributed by atoms with Gasteiger partial charge in [-0.05, 0) is 31.5 Å². The molecule has 0 aliphatic carbocycles. The maximum absolute atomic E-state index is 4.63. The van der Waals surface area contributed by atoms with Gasteiger partial charge in [-0.25, -0.2) is 4.98 Å². The highest BCUT2D eigenvalue weighted by molar-refractivity contribution is 5.47. The molecule has 0 amide bonds. The molecule has 1 N–H and O–H groups in total. The van der Waals surface area contributed by atoms with Crippen LogP contribution in [0.3, 0.4) is 0 Å². The van der Waals surface area contributed by atoms with Crippen LogP contribution in [0.4, 0.5) is 11.6 Å². The lowest BCUT2D eigenvalue weighted by Gasteiger charge is -2.38. The van der Waals surface area contributed by atoms with Crippen LogP contribution in [0.1, 0.15) is 12.8 Å². The Kier molecular flexibility index (Phi) is 2.89. The SMILES string of the molecule is CNc1cccc(N2CCN3CCCC3C2)n1. The summed E-state index contributed by atoms with van der Waals surface area (Å²) in [4.78, 5) is 9.67. The van der Waals surface area contributed by atoms with Crippen molar-refractivity contribution in [1.82, 2.24) is 9.88 Å². The van der Waals surface area contributed by atoms with Crippen LogP contribution in [-0.2, 0) is 0 Å². The Hall–Kier alpha value is -1.29. The zero-order valence-corrected chi connectivity index (χ0v) is 10.4. The number of rotatable bonds is 2. The Morgan fingerprint density at radius 3 is 3.12 bits per heavy atom. The third-order valence-electron chi connectivity index (χ3n) is 3.90. The topological polar surface area (TPSA) is 31.4 Å². The standard InChI is InChI=1S/C13H20N4/c1-14-12-5-2-6-13(15-12)17-9-8-16-7-3-4-11(16)10-17/h2,5-6,11H,3-4,7-10H2,1H3,(H,14,15). The van der Waals surface area contributed by atoms with Gasteiger partial charge in [0.1, 0.15) is 11.6 Å². The molecule has 1 aromatic heterocycles.